The molecule has 0 radical (unpaired) electrons. The van der Waals surface area contributed by atoms with Crippen molar-refractivity contribution in [2.24, 2.45) is 0 Å². The van der Waals surface area contributed by atoms with Gasteiger partial charge >= 0.3 is 18.0 Å². The Hall–Kier alpha value is -4.35. The van der Waals surface area contributed by atoms with E-state index < -0.39 is 22.3 Å². The average Bonchev–Trinajstić information content (AvgIpc) is 3.52. The fourth-order valence-electron chi connectivity index (χ4n) is 3.81. The van der Waals surface area contributed by atoms with E-state index in [1.54, 1.807) is 39.8 Å². The quantitative estimate of drug-likeness (QED) is 0.285. The fraction of sp³-hybridized carbons (Fsp3) is 0.217. The molecule has 0 N–H and O–H groups in total. The van der Waals surface area contributed by atoms with Crippen LogP contribution < -0.4 is 9.47 Å². The van der Waals surface area contributed by atoms with Crippen LogP contribution in [0.4, 0.5) is 19.0 Å². The minimum absolute atomic E-state index is 0.133. The van der Waals surface area contributed by atoms with E-state index in [1.807, 2.05) is 13.0 Å². The lowest BCUT2D eigenvalue weighted by atomic mass is 10.1. The smallest absolute Gasteiger partial charge is 0.416 e. The molecule has 12 heteroatoms. The van der Waals surface area contributed by atoms with Crippen molar-refractivity contribution in [3.8, 4) is 28.6 Å². The Balaban J connectivity index is 1.32. The van der Waals surface area contributed by atoms with Crippen molar-refractivity contribution in [1.29, 1.82) is 0 Å². The molecule has 0 amide bonds. The van der Waals surface area contributed by atoms with E-state index >= 15 is 0 Å². The molecule has 0 unspecified atom stereocenters. The van der Waals surface area contributed by atoms with Gasteiger partial charge in [-0.05, 0) is 41.7 Å². The summed E-state index contributed by atoms with van der Waals surface area (Å²) < 4.78 is 53.5. The van der Waals surface area contributed by atoms with Crippen molar-refractivity contribution in [1.82, 2.24) is 19.3 Å². The summed E-state index contributed by atoms with van der Waals surface area (Å²) in [6.45, 7) is 2.27. The van der Waals surface area contributed by atoms with Crippen molar-refractivity contribution in [3.63, 3.8) is 0 Å². The minimum Gasteiger partial charge on any atom is -0.487 e. The number of rotatable bonds is 6. The molecule has 0 spiro atoms. The van der Waals surface area contributed by atoms with Gasteiger partial charge in [0.1, 0.15) is 24.2 Å². The SMILES string of the molecule is C[C@]1(COc2ccccc2-n2cc(-c3ccc(C(F)(F)F)cc3)cn2)Cn2cc([N+](=O)[O-])nc2O1. The van der Waals surface area contributed by atoms with Gasteiger partial charge < -0.3 is 19.6 Å². The zero-order valence-corrected chi connectivity index (χ0v) is 18.3. The monoisotopic (exact) mass is 485 g/mol. The highest BCUT2D eigenvalue weighted by Gasteiger charge is 2.41. The molecule has 2 aromatic carbocycles. The van der Waals surface area contributed by atoms with Crippen molar-refractivity contribution in [3.05, 3.63) is 82.8 Å². The van der Waals surface area contributed by atoms with E-state index in [0.717, 1.165) is 12.1 Å². The molecule has 3 heterocycles. The van der Waals surface area contributed by atoms with Crippen LogP contribution in [0.5, 0.6) is 11.8 Å². The van der Waals surface area contributed by atoms with Gasteiger partial charge in [-0.1, -0.05) is 24.3 Å². The first-order valence-corrected chi connectivity index (χ1v) is 10.5. The highest BCUT2D eigenvalue weighted by Crippen LogP contribution is 2.33. The Morgan fingerprint density at radius 3 is 2.57 bits per heavy atom. The van der Waals surface area contributed by atoms with Gasteiger partial charge in [-0.15, -0.1) is 0 Å². The van der Waals surface area contributed by atoms with E-state index in [1.165, 1.54) is 18.3 Å². The van der Waals surface area contributed by atoms with E-state index in [4.69, 9.17) is 9.47 Å². The highest BCUT2D eigenvalue weighted by atomic mass is 19.4. The van der Waals surface area contributed by atoms with Crippen LogP contribution in [0.2, 0.25) is 0 Å². The average molecular weight is 485 g/mol. The van der Waals surface area contributed by atoms with E-state index in [0.29, 0.717) is 29.1 Å². The number of fused-ring (bicyclic) bond motifs is 1. The molecule has 2 aromatic heterocycles. The Morgan fingerprint density at radius 2 is 1.89 bits per heavy atom. The van der Waals surface area contributed by atoms with E-state index in [-0.39, 0.29) is 18.4 Å². The molecular weight excluding hydrogens is 467 g/mol. The normalized spacial score (nSPS) is 17.1. The highest BCUT2D eigenvalue weighted by molar-refractivity contribution is 5.63. The van der Waals surface area contributed by atoms with Crippen LogP contribution in [0.15, 0.2) is 67.1 Å². The molecule has 0 aliphatic carbocycles. The Morgan fingerprint density at radius 1 is 1.14 bits per heavy atom. The molecule has 1 aliphatic heterocycles. The largest absolute Gasteiger partial charge is 0.487 e. The summed E-state index contributed by atoms with van der Waals surface area (Å²) in [5.41, 5.74) is 0.358. The summed E-state index contributed by atoms with van der Waals surface area (Å²) in [6, 6.07) is 12.2. The molecule has 0 fully saturated rings. The number of hydrogen-bond donors (Lipinski definition) is 0. The minimum atomic E-state index is -4.40. The van der Waals surface area contributed by atoms with Crippen molar-refractivity contribution < 1.29 is 27.6 Å². The Labute approximate surface area is 196 Å². The standard InChI is InChI=1S/C23H18F3N5O4/c1-22(13-29-12-20(31(32)33)28-21(29)35-22)14-34-19-5-3-2-4-18(19)30-11-16(10-27-30)15-6-8-17(9-7-15)23(24,25)26/h2-12H,13-14H2,1H3/t22-/m1/s1. The predicted molar refractivity (Wildman–Crippen MR) is 117 cm³/mol. The number of nitro groups is 1. The zero-order chi connectivity index (χ0) is 24.8. The molecule has 0 bridgehead atoms. The number of imidazole rings is 1. The topological polar surface area (TPSA) is 97.2 Å². The Bertz CT molecular complexity index is 1370. The number of ether oxygens (including phenoxy) is 2. The number of nitrogens with zero attached hydrogens (tertiary/aromatic N) is 5. The van der Waals surface area contributed by atoms with Crippen molar-refractivity contribution in [2.75, 3.05) is 6.61 Å². The van der Waals surface area contributed by atoms with Gasteiger partial charge in [-0.2, -0.15) is 18.3 Å². The van der Waals surface area contributed by atoms with Gasteiger partial charge in [-0.3, -0.25) is 4.57 Å². The summed E-state index contributed by atoms with van der Waals surface area (Å²) in [4.78, 5) is 14.2. The summed E-state index contributed by atoms with van der Waals surface area (Å²) >= 11 is 0. The molecule has 0 saturated carbocycles. The van der Waals surface area contributed by atoms with Crippen LogP contribution in [0.3, 0.4) is 0 Å². The fourth-order valence-corrected chi connectivity index (χ4v) is 3.81. The molecule has 4 aromatic rings. The number of hydrogen-bond acceptors (Lipinski definition) is 6. The van der Waals surface area contributed by atoms with Crippen molar-refractivity contribution in [2.45, 2.75) is 25.2 Å². The number of para-hydroxylation sites is 2. The van der Waals surface area contributed by atoms with Gasteiger partial charge in [-0.25, -0.2) is 4.68 Å². The number of benzene rings is 2. The molecule has 5 rings (SSSR count). The number of alkyl halides is 3. The first-order valence-electron chi connectivity index (χ1n) is 10.5. The van der Waals surface area contributed by atoms with E-state index in [9.17, 15) is 23.3 Å². The lowest BCUT2D eigenvalue weighted by Crippen LogP contribution is -2.38. The molecule has 35 heavy (non-hydrogen) atoms. The maximum Gasteiger partial charge on any atom is 0.416 e. The lowest BCUT2D eigenvalue weighted by molar-refractivity contribution is -0.389. The second-order valence-electron chi connectivity index (χ2n) is 8.32. The molecule has 0 saturated heterocycles. The van der Waals surface area contributed by atoms with Crippen molar-refractivity contribution >= 4 is 5.82 Å². The summed E-state index contributed by atoms with van der Waals surface area (Å²) in [5.74, 6) is 0.228. The number of halogens is 3. The van der Waals surface area contributed by atoms with Crippen LogP contribution in [0.1, 0.15) is 12.5 Å². The molecule has 9 nitrogen and oxygen atoms in total. The second-order valence-corrected chi connectivity index (χ2v) is 8.32. The third kappa shape index (κ3) is 4.42. The number of aromatic nitrogens is 4. The van der Waals surface area contributed by atoms with Gasteiger partial charge in [0.25, 0.3) is 0 Å². The molecule has 1 aliphatic rings. The van der Waals surface area contributed by atoms with Gasteiger partial charge in [0, 0.05) is 16.7 Å². The van der Waals surface area contributed by atoms with Gasteiger partial charge in [0.2, 0.25) is 0 Å². The Kier molecular flexibility index (Phi) is 5.23. The van der Waals surface area contributed by atoms with Crippen LogP contribution in [0.25, 0.3) is 16.8 Å². The van der Waals surface area contributed by atoms with Crippen LogP contribution in [-0.4, -0.2) is 36.5 Å². The first-order chi connectivity index (χ1) is 16.6. The lowest BCUT2D eigenvalue weighted by Gasteiger charge is -2.23. The second kappa shape index (κ2) is 8.15. The predicted octanol–water partition coefficient (Wildman–Crippen LogP) is 4.89. The van der Waals surface area contributed by atoms with Crippen LogP contribution in [0, 0.1) is 10.1 Å². The first kappa shape index (κ1) is 22.4. The zero-order valence-electron chi connectivity index (χ0n) is 18.3. The summed E-state index contributed by atoms with van der Waals surface area (Å²) in [7, 11) is 0. The maximum atomic E-state index is 12.8. The van der Waals surface area contributed by atoms with Gasteiger partial charge in [0.15, 0.2) is 5.60 Å². The van der Waals surface area contributed by atoms with Crippen LogP contribution >= 0.6 is 0 Å². The molecule has 1 atom stereocenters. The molecule has 180 valence electrons. The summed E-state index contributed by atoms with van der Waals surface area (Å²) in [5, 5.41) is 15.2. The summed E-state index contributed by atoms with van der Waals surface area (Å²) in [6.07, 6.45) is 0.187. The van der Waals surface area contributed by atoms with Crippen LogP contribution in [-0.2, 0) is 12.7 Å². The third-order valence-corrected chi connectivity index (χ3v) is 5.53. The third-order valence-electron chi connectivity index (χ3n) is 5.53. The van der Waals surface area contributed by atoms with Gasteiger partial charge in [0.05, 0.1) is 18.3 Å². The van der Waals surface area contributed by atoms with E-state index in [2.05, 4.69) is 10.1 Å². The molecular formula is C23H18F3N5O4. The maximum absolute atomic E-state index is 12.8.